The molecule has 1 saturated heterocycles. The van der Waals surface area contributed by atoms with Crippen molar-refractivity contribution >= 4 is 41.0 Å². The van der Waals surface area contributed by atoms with Gasteiger partial charge in [-0.2, -0.15) is 18.4 Å². The summed E-state index contributed by atoms with van der Waals surface area (Å²) in [4.78, 5) is 54.6. The van der Waals surface area contributed by atoms with Gasteiger partial charge in [0.1, 0.15) is 16.8 Å². The highest BCUT2D eigenvalue weighted by molar-refractivity contribution is 8.00. The van der Waals surface area contributed by atoms with Crippen molar-refractivity contribution in [2.45, 2.75) is 29.8 Å². The van der Waals surface area contributed by atoms with Crippen LogP contribution in [0.1, 0.15) is 44.0 Å². The van der Waals surface area contributed by atoms with Gasteiger partial charge in [-0.25, -0.2) is 14.7 Å². The third kappa shape index (κ3) is 5.99. The number of rotatable bonds is 7. The lowest BCUT2D eigenvalue weighted by Crippen LogP contribution is -2.31. The maximum atomic E-state index is 13.2. The van der Waals surface area contributed by atoms with Gasteiger partial charge in [0.25, 0.3) is 0 Å². The number of nitrogens with zero attached hydrogens (tertiary/aromatic N) is 3. The van der Waals surface area contributed by atoms with Crippen molar-refractivity contribution in [3.63, 3.8) is 0 Å². The molecular formula is C27H18F3N3O5S. The molecule has 0 N–H and O–H groups in total. The number of halogens is 3. The predicted octanol–water partition coefficient (Wildman–Crippen LogP) is 4.74. The number of aryl methyl sites for hydroxylation is 1. The number of alkyl halides is 3. The highest BCUT2D eigenvalue weighted by atomic mass is 32.2. The highest BCUT2D eigenvalue weighted by Crippen LogP contribution is 2.38. The summed E-state index contributed by atoms with van der Waals surface area (Å²) in [6.45, 7) is 0.859. The fraction of sp³-hybridized carbons (Fsp3) is 0.185. The van der Waals surface area contributed by atoms with Crippen LogP contribution in [0.25, 0.3) is 0 Å². The third-order valence-electron chi connectivity index (χ3n) is 5.74. The van der Waals surface area contributed by atoms with Crippen LogP contribution >= 0.6 is 11.8 Å². The number of benzene rings is 2. The topological polar surface area (TPSA) is 117 Å². The lowest BCUT2D eigenvalue weighted by Gasteiger charge is -2.16. The molecule has 12 heteroatoms. The molecule has 1 aromatic heterocycles. The first-order valence-corrected chi connectivity index (χ1v) is 12.3. The molecule has 3 aromatic rings. The zero-order chi connectivity index (χ0) is 28.3. The molecule has 0 bridgehead atoms. The molecule has 39 heavy (non-hydrogen) atoms. The molecule has 1 aliphatic rings. The Balaban J connectivity index is 1.46. The van der Waals surface area contributed by atoms with Crippen LogP contribution in [0.5, 0.6) is 0 Å². The summed E-state index contributed by atoms with van der Waals surface area (Å²) < 4.78 is 44.8. The maximum Gasteiger partial charge on any atom is 0.433 e. The van der Waals surface area contributed by atoms with E-state index in [1.54, 1.807) is 36.4 Å². The molecule has 8 nitrogen and oxygen atoms in total. The number of carbonyl (C=O) groups excluding carboxylic acids is 4. The van der Waals surface area contributed by atoms with Crippen molar-refractivity contribution in [2.24, 2.45) is 0 Å². The van der Waals surface area contributed by atoms with E-state index in [1.165, 1.54) is 31.2 Å². The number of Topliss-reactive ketones (excluding diaryl/α,β-unsaturated/α-hetero) is 1. The Hall–Kier alpha value is -4.50. The van der Waals surface area contributed by atoms with Crippen LogP contribution < -0.4 is 4.90 Å². The molecule has 4 rings (SSSR count). The monoisotopic (exact) mass is 553 g/mol. The van der Waals surface area contributed by atoms with Crippen LogP contribution in [0.4, 0.5) is 18.9 Å². The van der Waals surface area contributed by atoms with Crippen molar-refractivity contribution in [1.29, 1.82) is 5.26 Å². The van der Waals surface area contributed by atoms with Gasteiger partial charge in [-0.3, -0.25) is 14.4 Å². The van der Waals surface area contributed by atoms with Gasteiger partial charge in [0, 0.05) is 12.0 Å². The second-order valence-electron chi connectivity index (χ2n) is 8.40. The highest BCUT2D eigenvalue weighted by Gasteiger charge is 2.41. The second kappa shape index (κ2) is 11.1. The van der Waals surface area contributed by atoms with E-state index in [0.29, 0.717) is 17.3 Å². The van der Waals surface area contributed by atoms with Crippen molar-refractivity contribution in [1.82, 2.24) is 4.98 Å². The van der Waals surface area contributed by atoms with E-state index in [0.717, 1.165) is 11.0 Å². The van der Waals surface area contributed by atoms with E-state index in [-0.39, 0.29) is 39.6 Å². The Kier molecular flexibility index (Phi) is 7.83. The number of ether oxygens (including phenoxy) is 1. The number of nitriles is 1. The Morgan fingerprint density at radius 3 is 2.38 bits per heavy atom. The predicted molar refractivity (Wildman–Crippen MR) is 133 cm³/mol. The first kappa shape index (κ1) is 27.5. The quantitative estimate of drug-likeness (QED) is 0.234. The van der Waals surface area contributed by atoms with Crippen LogP contribution in [0.15, 0.2) is 65.7 Å². The van der Waals surface area contributed by atoms with E-state index < -0.39 is 41.5 Å². The average molecular weight is 554 g/mol. The van der Waals surface area contributed by atoms with Gasteiger partial charge in [-0.1, -0.05) is 42.1 Å². The third-order valence-corrected chi connectivity index (χ3v) is 6.91. The van der Waals surface area contributed by atoms with Crippen LogP contribution in [0.3, 0.4) is 0 Å². The lowest BCUT2D eigenvalue weighted by molar-refractivity contribution is -0.141. The molecule has 198 valence electrons. The summed E-state index contributed by atoms with van der Waals surface area (Å²) in [5, 5.41) is 8.01. The lowest BCUT2D eigenvalue weighted by atomic mass is 10.1. The van der Waals surface area contributed by atoms with Crippen LogP contribution in [0, 0.1) is 18.3 Å². The number of ketones is 1. The molecular weight excluding hydrogens is 535 g/mol. The zero-order valence-electron chi connectivity index (χ0n) is 20.2. The molecule has 1 unspecified atom stereocenters. The van der Waals surface area contributed by atoms with Gasteiger partial charge in [0.2, 0.25) is 11.8 Å². The van der Waals surface area contributed by atoms with Gasteiger partial charge in [-0.05, 0) is 42.8 Å². The van der Waals surface area contributed by atoms with Crippen molar-refractivity contribution < 1.29 is 37.1 Å². The Morgan fingerprint density at radius 2 is 1.77 bits per heavy atom. The van der Waals surface area contributed by atoms with Gasteiger partial charge in [0.05, 0.1) is 22.1 Å². The minimum absolute atomic E-state index is 0.0453. The summed E-state index contributed by atoms with van der Waals surface area (Å²) in [7, 11) is 0. The first-order valence-electron chi connectivity index (χ1n) is 11.4. The number of hydrogen-bond acceptors (Lipinski definition) is 8. The molecule has 1 aliphatic heterocycles. The molecule has 0 radical (unpaired) electrons. The van der Waals surface area contributed by atoms with Gasteiger partial charge < -0.3 is 4.74 Å². The molecule has 2 aromatic carbocycles. The summed E-state index contributed by atoms with van der Waals surface area (Å²) in [5.41, 5.74) is -0.672. The molecule has 0 aliphatic carbocycles. The smallest absolute Gasteiger partial charge is 0.433 e. The number of carbonyl (C=O) groups is 4. The standard InChI is InChI=1S/C27H18F3N3O5S/c1-15-11-22(27(28,29)30)32-24(19(15)13-31)39-21-12-23(35)33(25(21)36)18-9-7-17(8-10-18)26(37)38-14-20(34)16-5-3-2-4-6-16/h2-11,21H,12,14H2,1H3. The molecule has 2 heterocycles. The minimum atomic E-state index is -4.76. The number of thioether (sulfide) groups is 1. The van der Waals surface area contributed by atoms with Gasteiger partial charge in [0.15, 0.2) is 12.4 Å². The van der Waals surface area contributed by atoms with E-state index in [2.05, 4.69) is 4.98 Å². The molecule has 0 spiro atoms. The molecule has 1 atom stereocenters. The fourth-order valence-corrected chi connectivity index (χ4v) is 4.96. The minimum Gasteiger partial charge on any atom is -0.454 e. The summed E-state index contributed by atoms with van der Waals surface area (Å²) in [5.74, 6) is -2.48. The largest absolute Gasteiger partial charge is 0.454 e. The van der Waals surface area contributed by atoms with Crippen molar-refractivity contribution in [3.8, 4) is 6.07 Å². The Morgan fingerprint density at radius 1 is 1.10 bits per heavy atom. The summed E-state index contributed by atoms with van der Waals surface area (Å²) >= 11 is 0.621. The van der Waals surface area contributed by atoms with Crippen LogP contribution in [0.2, 0.25) is 0 Å². The summed E-state index contributed by atoms with van der Waals surface area (Å²) in [6.07, 6.45) is -5.08. The average Bonchev–Trinajstić information content (AvgIpc) is 3.19. The first-order chi connectivity index (χ1) is 18.5. The summed E-state index contributed by atoms with van der Waals surface area (Å²) in [6, 6.07) is 16.1. The Labute approximate surface area is 224 Å². The number of amides is 2. The number of hydrogen-bond donors (Lipinski definition) is 0. The number of imide groups is 1. The van der Waals surface area contributed by atoms with E-state index in [9.17, 15) is 37.6 Å². The van der Waals surface area contributed by atoms with E-state index in [1.807, 2.05) is 0 Å². The van der Waals surface area contributed by atoms with E-state index in [4.69, 9.17) is 4.74 Å². The number of anilines is 1. The number of aromatic nitrogens is 1. The van der Waals surface area contributed by atoms with Gasteiger partial charge in [-0.15, -0.1) is 0 Å². The zero-order valence-corrected chi connectivity index (χ0v) is 21.0. The maximum absolute atomic E-state index is 13.2. The molecule has 2 amide bonds. The van der Waals surface area contributed by atoms with Gasteiger partial charge >= 0.3 is 12.1 Å². The second-order valence-corrected chi connectivity index (χ2v) is 9.60. The molecule has 0 saturated carbocycles. The normalized spacial score (nSPS) is 15.3. The van der Waals surface area contributed by atoms with E-state index >= 15 is 0 Å². The SMILES string of the molecule is Cc1cc(C(F)(F)F)nc(SC2CC(=O)N(c3ccc(C(=O)OCC(=O)c4ccccc4)cc3)C2=O)c1C#N. The van der Waals surface area contributed by atoms with Crippen LogP contribution in [-0.4, -0.2) is 40.4 Å². The number of esters is 1. The van der Waals surface area contributed by atoms with Crippen molar-refractivity contribution in [3.05, 3.63) is 88.6 Å². The molecule has 1 fully saturated rings. The fourth-order valence-electron chi connectivity index (χ4n) is 3.78. The van der Waals surface area contributed by atoms with Crippen LogP contribution in [-0.2, 0) is 20.5 Å². The number of pyridine rings is 1. The van der Waals surface area contributed by atoms with Crippen molar-refractivity contribution in [2.75, 3.05) is 11.5 Å². The Bertz CT molecular complexity index is 1500.